The zero-order valence-corrected chi connectivity index (χ0v) is 20.0. The molecule has 2 aromatic rings. The fourth-order valence-corrected chi connectivity index (χ4v) is 5.77. The molecule has 0 saturated carbocycles. The number of piperidine rings is 3. The van der Waals surface area contributed by atoms with Gasteiger partial charge in [-0.15, -0.1) is 13.2 Å². The predicted molar refractivity (Wildman–Crippen MR) is 126 cm³/mol. The minimum atomic E-state index is -4.75. The summed E-state index contributed by atoms with van der Waals surface area (Å²) in [5, 5.41) is 3.14. The number of halogens is 3. The van der Waals surface area contributed by atoms with Gasteiger partial charge in [0.2, 0.25) is 0 Å². The van der Waals surface area contributed by atoms with Gasteiger partial charge in [-0.25, -0.2) is 4.79 Å². The quantitative estimate of drug-likeness (QED) is 0.566. The van der Waals surface area contributed by atoms with Gasteiger partial charge in [0.1, 0.15) is 11.9 Å². The molecule has 3 fully saturated rings. The Morgan fingerprint density at radius 2 is 1.83 bits per heavy atom. The Hall–Kier alpha value is -2.74. The lowest BCUT2D eigenvalue weighted by Crippen LogP contribution is -2.53. The molecule has 2 bridgehead atoms. The van der Waals surface area contributed by atoms with Crippen LogP contribution in [-0.4, -0.2) is 43.1 Å². The van der Waals surface area contributed by atoms with E-state index < -0.39 is 12.5 Å². The standard InChI is InChI=1S/C27H31F3N2O3/c1-26(2)11-8-17-6-7-20(19-4-3-5-21(14-19)35-27(28,29)30)15-22(17)24(26)31-25(33)34-23-16-32-12-9-18(23)10-13-32/h3-7,14-15,18,23-24H,8-13,16H2,1-2H3,(H,31,33)/t23-,24?/m0/s1. The molecular weight excluding hydrogens is 457 g/mol. The SMILES string of the molecule is CC1(C)CCc2ccc(-c3cccc(OC(F)(F)F)c3)cc2C1NC(=O)O[C@H]1CN2CCC1CC2. The number of alkyl carbamates (subject to hydrolysis) is 1. The number of nitrogens with zero attached hydrogens (tertiary/aromatic N) is 1. The summed E-state index contributed by atoms with van der Waals surface area (Å²) in [6.45, 7) is 7.20. The Bertz CT molecular complexity index is 1090. The average Bonchev–Trinajstić information content (AvgIpc) is 2.80. The summed E-state index contributed by atoms with van der Waals surface area (Å²) in [5.41, 5.74) is 3.29. The molecule has 3 heterocycles. The molecule has 35 heavy (non-hydrogen) atoms. The molecule has 5 nitrogen and oxygen atoms in total. The Kier molecular flexibility index (Phi) is 6.20. The molecule has 3 saturated heterocycles. The molecule has 1 aliphatic carbocycles. The molecule has 4 aliphatic rings. The maximum Gasteiger partial charge on any atom is 0.573 e. The lowest BCUT2D eigenvalue weighted by molar-refractivity contribution is -0.274. The number of nitrogens with one attached hydrogen (secondary N) is 1. The van der Waals surface area contributed by atoms with Crippen molar-refractivity contribution in [2.45, 2.75) is 58.0 Å². The highest BCUT2D eigenvalue weighted by Gasteiger charge is 2.40. The number of carbonyl (C=O) groups excluding carboxylic acids is 1. The number of rotatable bonds is 4. The van der Waals surface area contributed by atoms with E-state index in [0.717, 1.165) is 62.0 Å². The van der Waals surface area contributed by atoms with Gasteiger partial charge in [0, 0.05) is 6.54 Å². The maximum absolute atomic E-state index is 13.0. The number of carbonyl (C=O) groups is 1. The van der Waals surface area contributed by atoms with Crippen LogP contribution in [0.1, 0.15) is 50.3 Å². The molecule has 3 aliphatic heterocycles. The molecule has 2 atom stereocenters. The second-order valence-electron chi connectivity index (χ2n) is 10.6. The molecule has 0 aromatic heterocycles. The first-order chi connectivity index (χ1) is 16.6. The van der Waals surface area contributed by atoms with Crippen molar-refractivity contribution in [1.29, 1.82) is 0 Å². The van der Waals surface area contributed by atoms with Crippen molar-refractivity contribution >= 4 is 6.09 Å². The van der Waals surface area contributed by atoms with E-state index in [1.54, 1.807) is 12.1 Å². The minimum Gasteiger partial charge on any atom is -0.445 e. The van der Waals surface area contributed by atoms with Crippen LogP contribution in [0.25, 0.3) is 11.1 Å². The number of hydrogen-bond donors (Lipinski definition) is 1. The molecule has 1 N–H and O–H groups in total. The summed E-state index contributed by atoms with van der Waals surface area (Å²) in [6.07, 6.45) is -1.33. The van der Waals surface area contributed by atoms with Crippen LogP contribution in [0, 0.1) is 11.3 Å². The minimum absolute atomic E-state index is 0.0774. The zero-order chi connectivity index (χ0) is 24.8. The van der Waals surface area contributed by atoms with Crippen LogP contribution in [0.5, 0.6) is 5.75 Å². The summed E-state index contributed by atoms with van der Waals surface area (Å²) in [4.78, 5) is 15.4. The van der Waals surface area contributed by atoms with Crippen LogP contribution < -0.4 is 10.1 Å². The van der Waals surface area contributed by atoms with Gasteiger partial charge in [0.15, 0.2) is 0 Å². The summed E-state index contributed by atoms with van der Waals surface area (Å²) in [6, 6.07) is 11.6. The smallest absolute Gasteiger partial charge is 0.445 e. The number of fused-ring (bicyclic) bond motifs is 4. The second-order valence-corrected chi connectivity index (χ2v) is 10.6. The second kappa shape index (κ2) is 9.04. The van der Waals surface area contributed by atoms with Gasteiger partial charge in [-0.1, -0.05) is 38.1 Å². The first-order valence-electron chi connectivity index (χ1n) is 12.3. The van der Waals surface area contributed by atoms with Gasteiger partial charge in [0.05, 0.1) is 6.04 Å². The molecule has 8 heteroatoms. The van der Waals surface area contributed by atoms with Crippen molar-refractivity contribution in [3.63, 3.8) is 0 Å². The number of benzene rings is 2. The maximum atomic E-state index is 13.0. The summed E-state index contributed by atoms with van der Waals surface area (Å²) in [5.74, 6) is 0.166. The van der Waals surface area contributed by atoms with Crippen LogP contribution in [0.4, 0.5) is 18.0 Å². The Balaban J connectivity index is 1.38. The number of ether oxygens (including phenoxy) is 2. The van der Waals surface area contributed by atoms with E-state index in [2.05, 4.69) is 28.8 Å². The first-order valence-corrected chi connectivity index (χ1v) is 12.3. The molecule has 2 aromatic carbocycles. The highest BCUT2D eigenvalue weighted by Crippen LogP contribution is 2.45. The average molecular weight is 489 g/mol. The van der Waals surface area contributed by atoms with E-state index in [9.17, 15) is 18.0 Å². The number of amides is 1. The van der Waals surface area contributed by atoms with E-state index in [1.165, 1.54) is 12.1 Å². The van der Waals surface area contributed by atoms with Gasteiger partial charge in [0.25, 0.3) is 0 Å². The first kappa shape index (κ1) is 24.0. The zero-order valence-electron chi connectivity index (χ0n) is 20.0. The van der Waals surface area contributed by atoms with Crippen LogP contribution in [0.15, 0.2) is 42.5 Å². The summed E-state index contributed by atoms with van der Waals surface area (Å²) < 4.78 is 48.1. The van der Waals surface area contributed by atoms with Crippen molar-refractivity contribution < 1.29 is 27.4 Å². The Labute approximate surface area is 203 Å². The summed E-state index contributed by atoms with van der Waals surface area (Å²) in [7, 11) is 0. The van der Waals surface area contributed by atoms with Crippen LogP contribution in [0.3, 0.4) is 0 Å². The highest BCUT2D eigenvalue weighted by molar-refractivity contribution is 5.70. The third kappa shape index (κ3) is 5.27. The van der Waals surface area contributed by atoms with Crippen molar-refractivity contribution in [2.24, 2.45) is 11.3 Å². The number of alkyl halides is 3. The van der Waals surface area contributed by atoms with E-state index in [4.69, 9.17) is 4.74 Å². The van der Waals surface area contributed by atoms with Crippen molar-refractivity contribution in [2.75, 3.05) is 19.6 Å². The topological polar surface area (TPSA) is 50.8 Å². The predicted octanol–water partition coefficient (Wildman–Crippen LogP) is 6.09. The molecular formula is C27H31F3N2O3. The number of aryl methyl sites for hydroxylation is 1. The van der Waals surface area contributed by atoms with Crippen molar-refractivity contribution in [1.82, 2.24) is 10.2 Å². The normalized spacial score (nSPS) is 27.1. The highest BCUT2D eigenvalue weighted by atomic mass is 19.4. The summed E-state index contributed by atoms with van der Waals surface area (Å²) >= 11 is 0. The monoisotopic (exact) mass is 488 g/mol. The Morgan fingerprint density at radius 3 is 2.51 bits per heavy atom. The van der Waals surface area contributed by atoms with Gasteiger partial charge in [-0.3, -0.25) is 4.90 Å². The van der Waals surface area contributed by atoms with Gasteiger partial charge >= 0.3 is 12.5 Å². The fraction of sp³-hybridized carbons (Fsp3) is 0.519. The van der Waals surface area contributed by atoms with E-state index in [1.807, 2.05) is 18.2 Å². The van der Waals surface area contributed by atoms with Gasteiger partial charge in [-0.2, -0.15) is 0 Å². The number of hydrogen-bond acceptors (Lipinski definition) is 4. The molecule has 1 unspecified atom stereocenters. The lowest BCUT2D eigenvalue weighted by atomic mass is 9.70. The molecule has 188 valence electrons. The van der Waals surface area contributed by atoms with E-state index in [0.29, 0.717) is 11.5 Å². The fourth-order valence-electron chi connectivity index (χ4n) is 5.77. The van der Waals surface area contributed by atoms with E-state index >= 15 is 0 Å². The van der Waals surface area contributed by atoms with Crippen molar-refractivity contribution in [3.05, 3.63) is 53.6 Å². The molecule has 0 radical (unpaired) electrons. The third-order valence-corrected chi connectivity index (χ3v) is 7.79. The van der Waals surface area contributed by atoms with Crippen LogP contribution >= 0.6 is 0 Å². The van der Waals surface area contributed by atoms with Crippen molar-refractivity contribution in [3.8, 4) is 16.9 Å². The third-order valence-electron chi connectivity index (χ3n) is 7.79. The van der Waals surface area contributed by atoms with Crippen LogP contribution in [-0.2, 0) is 11.2 Å². The Morgan fingerprint density at radius 1 is 1.09 bits per heavy atom. The molecule has 0 spiro atoms. The van der Waals surface area contributed by atoms with E-state index in [-0.39, 0.29) is 23.3 Å². The van der Waals surface area contributed by atoms with Gasteiger partial charge < -0.3 is 14.8 Å². The largest absolute Gasteiger partial charge is 0.573 e. The van der Waals surface area contributed by atoms with Crippen LogP contribution in [0.2, 0.25) is 0 Å². The molecule has 6 rings (SSSR count). The lowest BCUT2D eigenvalue weighted by Gasteiger charge is -2.44. The molecule has 1 amide bonds. The van der Waals surface area contributed by atoms with Gasteiger partial charge in [-0.05, 0) is 90.6 Å².